The Bertz CT molecular complexity index is 428. The highest BCUT2D eigenvalue weighted by Gasteiger charge is 2.47. The first kappa shape index (κ1) is 20.9. The lowest BCUT2D eigenvalue weighted by Gasteiger charge is -2.40. The molecule has 0 spiro atoms. The molecule has 1 aliphatic carbocycles. The van der Waals surface area contributed by atoms with Crippen molar-refractivity contribution in [2.24, 2.45) is 11.8 Å². The van der Waals surface area contributed by atoms with Gasteiger partial charge in [-0.1, -0.05) is 0 Å². The van der Waals surface area contributed by atoms with Gasteiger partial charge >= 0.3 is 11.9 Å². The molecule has 0 aliphatic heterocycles. The van der Waals surface area contributed by atoms with Crippen molar-refractivity contribution >= 4 is 11.9 Å². The van der Waals surface area contributed by atoms with Crippen LogP contribution in [0.5, 0.6) is 0 Å². The highest BCUT2D eigenvalue weighted by atomic mass is 16.6. The van der Waals surface area contributed by atoms with Crippen LogP contribution in [0.3, 0.4) is 0 Å². The largest absolute Gasteiger partial charge is 0.466 e. The Kier molecular flexibility index (Phi) is 7.67. The molecule has 0 radical (unpaired) electrons. The van der Waals surface area contributed by atoms with Crippen LogP contribution in [0.25, 0.3) is 0 Å². The average Bonchev–Trinajstić information content (AvgIpc) is 2.45. The van der Waals surface area contributed by atoms with Gasteiger partial charge in [0, 0.05) is 6.61 Å². The Morgan fingerprint density at radius 1 is 1.17 bits per heavy atom. The van der Waals surface area contributed by atoms with E-state index in [1.54, 1.807) is 27.7 Å². The zero-order valence-corrected chi connectivity index (χ0v) is 15.3. The summed E-state index contributed by atoms with van der Waals surface area (Å²) in [4.78, 5) is 24.8. The maximum atomic E-state index is 12.6. The van der Waals surface area contributed by atoms with Crippen LogP contribution in [-0.2, 0) is 19.1 Å². The number of carbonyl (C=O) groups excluding carboxylic acids is 2. The topological polar surface area (TPSA) is 93.1 Å². The van der Waals surface area contributed by atoms with Gasteiger partial charge in [-0.25, -0.2) is 0 Å². The number of unbranched alkanes of at least 4 members (excludes halogenated alkanes) is 1. The third kappa shape index (κ3) is 6.40. The molecule has 2 N–H and O–H groups in total. The molecule has 6 heteroatoms. The summed E-state index contributed by atoms with van der Waals surface area (Å²) in [6.07, 6.45) is 2.83. The van der Waals surface area contributed by atoms with Crippen LogP contribution in [0.1, 0.15) is 66.2 Å². The summed E-state index contributed by atoms with van der Waals surface area (Å²) in [6.45, 7) is 7.41. The smallest absolute Gasteiger partial charge is 0.310 e. The SMILES string of the molecule is CCOC(=O)[C@H]1CCC(O)(CCCCO)C[C@@H]1C(=O)OC(C)(C)C. The van der Waals surface area contributed by atoms with E-state index in [0.717, 1.165) is 0 Å². The molecule has 3 atom stereocenters. The fourth-order valence-corrected chi connectivity index (χ4v) is 3.23. The quantitative estimate of drug-likeness (QED) is 0.543. The van der Waals surface area contributed by atoms with Gasteiger partial charge < -0.3 is 19.7 Å². The van der Waals surface area contributed by atoms with E-state index in [0.29, 0.717) is 32.1 Å². The van der Waals surface area contributed by atoms with Crippen LogP contribution >= 0.6 is 0 Å². The zero-order chi connectivity index (χ0) is 18.4. The maximum absolute atomic E-state index is 12.6. The Morgan fingerprint density at radius 2 is 1.83 bits per heavy atom. The molecule has 24 heavy (non-hydrogen) atoms. The van der Waals surface area contributed by atoms with Gasteiger partial charge in [-0.15, -0.1) is 0 Å². The summed E-state index contributed by atoms with van der Waals surface area (Å²) in [5, 5.41) is 19.7. The van der Waals surface area contributed by atoms with E-state index >= 15 is 0 Å². The number of aliphatic hydroxyl groups is 2. The molecular weight excluding hydrogens is 312 g/mol. The van der Waals surface area contributed by atoms with E-state index in [-0.39, 0.29) is 19.6 Å². The highest BCUT2D eigenvalue weighted by molar-refractivity contribution is 5.82. The summed E-state index contributed by atoms with van der Waals surface area (Å²) in [6, 6.07) is 0. The second-order valence-electron chi connectivity index (χ2n) is 7.65. The molecule has 0 bridgehead atoms. The third-order valence-electron chi connectivity index (χ3n) is 4.36. The van der Waals surface area contributed by atoms with Crippen molar-refractivity contribution in [2.75, 3.05) is 13.2 Å². The van der Waals surface area contributed by atoms with Crippen molar-refractivity contribution in [1.82, 2.24) is 0 Å². The van der Waals surface area contributed by atoms with Crippen LogP contribution in [0.4, 0.5) is 0 Å². The number of rotatable bonds is 7. The minimum absolute atomic E-state index is 0.0804. The van der Waals surface area contributed by atoms with Gasteiger partial charge in [0.25, 0.3) is 0 Å². The number of esters is 2. The van der Waals surface area contributed by atoms with Gasteiger partial charge in [0.15, 0.2) is 0 Å². The van der Waals surface area contributed by atoms with Crippen molar-refractivity contribution in [3.8, 4) is 0 Å². The fraction of sp³-hybridized carbons (Fsp3) is 0.889. The molecule has 1 saturated carbocycles. The standard InChI is InChI=1S/C18H32O6/c1-5-23-15(20)13-8-10-18(22,9-6-7-11-19)12-14(13)16(21)24-17(2,3)4/h13-14,19,22H,5-12H2,1-4H3/t13-,14-,18?/m0/s1. The average molecular weight is 344 g/mol. The van der Waals surface area contributed by atoms with Crippen molar-refractivity contribution in [2.45, 2.75) is 77.4 Å². The van der Waals surface area contributed by atoms with Crippen LogP contribution in [0.2, 0.25) is 0 Å². The van der Waals surface area contributed by atoms with Crippen molar-refractivity contribution in [1.29, 1.82) is 0 Å². The predicted molar refractivity (Wildman–Crippen MR) is 89.2 cm³/mol. The zero-order valence-electron chi connectivity index (χ0n) is 15.3. The minimum atomic E-state index is -1.00. The molecule has 1 fully saturated rings. The molecule has 6 nitrogen and oxygen atoms in total. The molecule has 0 aromatic carbocycles. The molecule has 0 aromatic heterocycles. The van der Waals surface area contributed by atoms with Gasteiger partial charge in [0.1, 0.15) is 5.60 Å². The molecular formula is C18H32O6. The molecule has 140 valence electrons. The van der Waals surface area contributed by atoms with Gasteiger partial charge in [0.05, 0.1) is 24.0 Å². The van der Waals surface area contributed by atoms with Gasteiger partial charge in [-0.05, 0) is 66.2 Å². The van der Waals surface area contributed by atoms with E-state index in [9.17, 15) is 14.7 Å². The lowest BCUT2D eigenvalue weighted by molar-refractivity contribution is -0.176. The summed E-state index contributed by atoms with van der Waals surface area (Å²) in [5.41, 5.74) is -1.65. The van der Waals surface area contributed by atoms with Crippen LogP contribution in [0.15, 0.2) is 0 Å². The lowest BCUT2D eigenvalue weighted by Crippen LogP contribution is -2.46. The molecule has 0 saturated heterocycles. The van der Waals surface area contributed by atoms with Gasteiger partial charge in [-0.2, -0.15) is 0 Å². The Labute approximate surface area is 144 Å². The monoisotopic (exact) mass is 344 g/mol. The van der Waals surface area contributed by atoms with E-state index in [1.807, 2.05) is 0 Å². The number of hydrogen-bond donors (Lipinski definition) is 2. The molecule has 1 unspecified atom stereocenters. The summed E-state index contributed by atoms with van der Waals surface area (Å²) < 4.78 is 10.6. The van der Waals surface area contributed by atoms with Crippen molar-refractivity contribution < 1.29 is 29.3 Å². The maximum Gasteiger partial charge on any atom is 0.310 e. The first-order valence-electron chi connectivity index (χ1n) is 8.84. The van der Waals surface area contributed by atoms with E-state index in [2.05, 4.69) is 0 Å². The molecule has 0 amide bonds. The second kappa shape index (κ2) is 8.81. The number of ether oxygens (including phenoxy) is 2. The molecule has 0 aromatic rings. The fourth-order valence-electron chi connectivity index (χ4n) is 3.23. The third-order valence-corrected chi connectivity index (χ3v) is 4.36. The van der Waals surface area contributed by atoms with Crippen LogP contribution in [0, 0.1) is 11.8 Å². The van der Waals surface area contributed by atoms with E-state index < -0.39 is 35.0 Å². The highest BCUT2D eigenvalue weighted by Crippen LogP contribution is 2.41. The van der Waals surface area contributed by atoms with Crippen LogP contribution in [-0.4, -0.2) is 46.6 Å². The Balaban J connectivity index is 2.88. The Morgan fingerprint density at radius 3 is 2.38 bits per heavy atom. The summed E-state index contributed by atoms with van der Waals surface area (Å²) >= 11 is 0. The second-order valence-corrected chi connectivity index (χ2v) is 7.65. The van der Waals surface area contributed by atoms with Crippen molar-refractivity contribution in [3.63, 3.8) is 0 Å². The molecule has 0 heterocycles. The first-order chi connectivity index (χ1) is 11.1. The lowest BCUT2D eigenvalue weighted by atomic mass is 9.70. The normalized spacial score (nSPS) is 27.6. The molecule has 1 rings (SSSR count). The Hall–Kier alpha value is -1.14. The van der Waals surface area contributed by atoms with E-state index in [4.69, 9.17) is 14.6 Å². The first-order valence-corrected chi connectivity index (χ1v) is 8.84. The summed E-state index contributed by atoms with van der Waals surface area (Å²) in [5.74, 6) is -2.12. The predicted octanol–water partition coefficient (Wildman–Crippen LogP) is 2.20. The van der Waals surface area contributed by atoms with E-state index in [1.165, 1.54) is 0 Å². The van der Waals surface area contributed by atoms with Crippen LogP contribution < -0.4 is 0 Å². The number of aliphatic hydroxyl groups excluding tert-OH is 1. The summed E-state index contributed by atoms with van der Waals surface area (Å²) in [7, 11) is 0. The van der Waals surface area contributed by atoms with Gasteiger partial charge in [0.2, 0.25) is 0 Å². The van der Waals surface area contributed by atoms with Gasteiger partial charge in [-0.3, -0.25) is 9.59 Å². The number of carbonyl (C=O) groups is 2. The molecule has 1 aliphatic rings. The number of hydrogen-bond acceptors (Lipinski definition) is 6. The van der Waals surface area contributed by atoms with Crippen molar-refractivity contribution in [3.05, 3.63) is 0 Å². The minimum Gasteiger partial charge on any atom is -0.466 e.